The van der Waals surface area contributed by atoms with Crippen molar-refractivity contribution in [2.75, 3.05) is 13.2 Å². The normalized spacial score (nSPS) is 20.7. The Kier molecular flexibility index (Phi) is 5.81. The summed E-state index contributed by atoms with van der Waals surface area (Å²) in [5.74, 6) is 0. The first-order valence-corrected chi connectivity index (χ1v) is 8.59. The van der Waals surface area contributed by atoms with Crippen LogP contribution in [0.3, 0.4) is 0 Å². The van der Waals surface area contributed by atoms with Crippen molar-refractivity contribution >= 4 is 0 Å². The number of hydrogen-bond donors (Lipinski definition) is 2. The Morgan fingerprint density at radius 2 is 1.54 bits per heavy atom. The van der Waals surface area contributed by atoms with Crippen LogP contribution in [0.1, 0.15) is 36.1 Å². The second-order valence-electron chi connectivity index (χ2n) is 6.33. The number of rotatable bonds is 6. The van der Waals surface area contributed by atoms with Crippen molar-refractivity contribution in [3.8, 4) is 0 Å². The van der Waals surface area contributed by atoms with Gasteiger partial charge in [0, 0.05) is 12.6 Å². The highest BCUT2D eigenvalue weighted by Crippen LogP contribution is 2.31. The number of aliphatic hydroxyl groups is 2. The van der Waals surface area contributed by atoms with Gasteiger partial charge in [0.05, 0.1) is 18.8 Å². The van der Waals surface area contributed by atoms with Gasteiger partial charge in [0.15, 0.2) is 0 Å². The highest BCUT2D eigenvalue weighted by Gasteiger charge is 2.29. The molecule has 0 saturated carbocycles. The van der Waals surface area contributed by atoms with Crippen LogP contribution in [0.2, 0.25) is 0 Å². The predicted molar refractivity (Wildman–Crippen MR) is 96.5 cm³/mol. The van der Waals surface area contributed by atoms with Gasteiger partial charge in [0.25, 0.3) is 0 Å². The van der Waals surface area contributed by atoms with Gasteiger partial charge in [-0.05, 0) is 24.0 Å². The molecule has 0 aliphatic carbocycles. The Balaban J connectivity index is 1.77. The van der Waals surface area contributed by atoms with Crippen LogP contribution in [0.15, 0.2) is 72.8 Å². The summed E-state index contributed by atoms with van der Waals surface area (Å²) >= 11 is 0. The zero-order valence-corrected chi connectivity index (χ0v) is 13.8. The molecule has 3 heteroatoms. The van der Waals surface area contributed by atoms with E-state index in [0.29, 0.717) is 6.42 Å². The number of nitrogens with zero attached hydrogens (tertiary/aromatic N) is 1. The lowest BCUT2D eigenvalue weighted by atomic mass is 9.94. The fraction of sp³-hybridized carbons (Fsp3) is 0.333. The molecule has 2 aromatic rings. The van der Waals surface area contributed by atoms with E-state index in [1.165, 1.54) is 0 Å². The molecule has 0 bridgehead atoms. The molecule has 1 aliphatic rings. The van der Waals surface area contributed by atoms with E-state index in [2.05, 4.69) is 29.2 Å². The molecule has 0 spiro atoms. The molecule has 24 heavy (non-hydrogen) atoms. The van der Waals surface area contributed by atoms with Crippen molar-refractivity contribution in [2.24, 2.45) is 0 Å². The van der Waals surface area contributed by atoms with Crippen LogP contribution in [0, 0.1) is 0 Å². The van der Waals surface area contributed by atoms with Crippen LogP contribution >= 0.6 is 0 Å². The van der Waals surface area contributed by atoms with E-state index in [1.807, 2.05) is 48.5 Å². The van der Waals surface area contributed by atoms with Crippen LogP contribution in [0.5, 0.6) is 0 Å². The molecule has 3 atom stereocenters. The summed E-state index contributed by atoms with van der Waals surface area (Å²) in [6, 6.07) is 20.1. The minimum Gasteiger partial charge on any atom is -0.394 e. The molecule has 2 unspecified atom stereocenters. The Bertz CT molecular complexity index is 641. The monoisotopic (exact) mass is 323 g/mol. The summed E-state index contributed by atoms with van der Waals surface area (Å²) in [6.07, 6.45) is 5.40. The van der Waals surface area contributed by atoms with Crippen molar-refractivity contribution < 1.29 is 10.2 Å². The summed E-state index contributed by atoms with van der Waals surface area (Å²) in [4.78, 5) is 2.31. The molecule has 0 fully saturated rings. The lowest BCUT2D eigenvalue weighted by Gasteiger charge is -2.39. The highest BCUT2D eigenvalue weighted by molar-refractivity contribution is 5.21. The Hall–Kier alpha value is -1.94. The Labute approximate surface area is 143 Å². The summed E-state index contributed by atoms with van der Waals surface area (Å²) in [6.45, 7) is 0.877. The SMILES string of the molecule is OCC(c1ccccc1)N1CC=CCC1C[C@@H](O)c1ccccc1. The van der Waals surface area contributed by atoms with Gasteiger partial charge in [-0.25, -0.2) is 0 Å². The smallest absolute Gasteiger partial charge is 0.0805 e. The van der Waals surface area contributed by atoms with Crippen LogP contribution in [-0.4, -0.2) is 34.3 Å². The molecule has 0 radical (unpaired) electrons. The van der Waals surface area contributed by atoms with E-state index < -0.39 is 6.10 Å². The van der Waals surface area contributed by atoms with E-state index in [4.69, 9.17) is 0 Å². The molecule has 126 valence electrons. The van der Waals surface area contributed by atoms with E-state index in [9.17, 15) is 10.2 Å². The highest BCUT2D eigenvalue weighted by atomic mass is 16.3. The van der Waals surface area contributed by atoms with Crippen LogP contribution < -0.4 is 0 Å². The fourth-order valence-corrected chi connectivity index (χ4v) is 3.49. The van der Waals surface area contributed by atoms with Crippen molar-refractivity contribution in [1.29, 1.82) is 0 Å². The van der Waals surface area contributed by atoms with E-state index >= 15 is 0 Å². The third-order valence-electron chi connectivity index (χ3n) is 4.80. The molecule has 0 aromatic heterocycles. The molecule has 1 heterocycles. The standard InChI is InChI=1S/C21H25NO2/c23-16-20(17-9-3-1-4-10-17)22-14-8-7-13-19(22)15-21(24)18-11-5-2-6-12-18/h1-12,19-21,23-24H,13-16H2/t19?,20?,21-/m1/s1. The van der Waals surface area contributed by atoms with E-state index in [0.717, 1.165) is 24.1 Å². The number of aliphatic hydroxyl groups excluding tert-OH is 2. The molecule has 2 N–H and O–H groups in total. The second-order valence-corrected chi connectivity index (χ2v) is 6.33. The first kappa shape index (κ1) is 16.9. The van der Waals surface area contributed by atoms with Gasteiger partial charge in [-0.2, -0.15) is 0 Å². The maximum atomic E-state index is 10.6. The largest absolute Gasteiger partial charge is 0.394 e. The summed E-state index contributed by atoms with van der Waals surface area (Å²) < 4.78 is 0. The summed E-state index contributed by atoms with van der Waals surface area (Å²) in [7, 11) is 0. The van der Waals surface area contributed by atoms with Gasteiger partial charge in [-0.15, -0.1) is 0 Å². The first-order chi connectivity index (χ1) is 11.8. The Morgan fingerprint density at radius 3 is 2.17 bits per heavy atom. The third kappa shape index (κ3) is 3.93. The zero-order valence-electron chi connectivity index (χ0n) is 13.8. The molecule has 0 saturated heterocycles. The molecule has 1 aliphatic heterocycles. The molecular formula is C21H25NO2. The van der Waals surface area contributed by atoms with Crippen molar-refractivity contribution in [3.63, 3.8) is 0 Å². The predicted octanol–water partition coefficient (Wildman–Crippen LogP) is 3.47. The summed E-state index contributed by atoms with van der Waals surface area (Å²) in [5.41, 5.74) is 2.07. The van der Waals surface area contributed by atoms with Crippen LogP contribution in [0.25, 0.3) is 0 Å². The Morgan fingerprint density at radius 1 is 0.917 bits per heavy atom. The third-order valence-corrected chi connectivity index (χ3v) is 4.80. The van der Waals surface area contributed by atoms with Crippen molar-refractivity contribution in [1.82, 2.24) is 4.90 Å². The molecule has 3 rings (SSSR count). The van der Waals surface area contributed by atoms with Gasteiger partial charge < -0.3 is 10.2 Å². The van der Waals surface area contributed by atoms with Gasteiger partial charge in [-0.3, -0.25) is 4.90 Å². The number of benzene rings is 2. The minimum absolute atomic E-state index is 0.0378. The van der Waals surface area contributed by atoms with Crippen LogP contribution in [0.4, 0.5) is 0 Å². The van der Waals surface area contributed by atoms with Crippen LogP contribution in [-0.2, 0) is 0 Å². The maximum Gasteiger partial charge on any atom is 0.0805 e. The van der Waals surface area contributed by atoms with Gasteiger partial charge in [-0.1, -0.05) is 72.8 Å². The lowest BCUT2D eigenvalue weighted by molar-refractivity contribution is 0.0532. The molecular weight excluding hydrogens is 298 g/mol. The number of hydrogen-bond acceptors (Lipinski definition) is 3. The van der Waals surface area contributed by atoms with Gasteiger partial charge >= 0.3 is 0 Å². The van der Waals surface area contributed by atoms with Gasteiger partial charge in [0.1, 0.15) is 0 Å². The maximum absolute atomic E-state index is 10.6. The van der Waals surface area contributed by atoms with Crippen molar-refractivity contribution in [2.45, 2.75) is 31.0 Å². The van der Waals surface area contributed by atoms with Gasteiger partial charge in [0.2, 0.25) is 0 Å². The minimum atomic E-state index is -0.486. The van der Waals surface area contributed by atoms with E-state index in [1.54, 1.807) is 0 Å². The second kappa shape index (κ2) is 8.25. The quantitative estimate of drug-likeness (QED) is 0.800. The molecule has 3 nitrogen and oxygen atoms in total. The average Bonchev–Trinajstić information content (AvgIpc) is 2.65. The zero-order chi connectivity index (χ0) is 16.8. The lowest BCUT2D eigenvalue weighted by Crippen LogP contribution is -2.42. The topological polar surface area (TPSA) is 43.7 Å². The van der Waals surface area contributed by atoms with Crippen molar-refractivity contribution in [3.05, 3.63) is 83.9 Å². The first-order valence-electron chi connectivity index (χ1n) is 8.59. The molecule has 2 aromatic carbocycles. The average molecular weight is 323 g/mol. The summed E-state index contributed by atoms with van der Waals surface area (Å²) in [5, 5.41) is 20.6. The fourth-order valence-electron chi connectivity index (χ4n) is 3.49. The molecule has 0 amide bonds. The van der Waals surface area contributed by atoms with E-state index in [-0.39, 0.29) is 18.7 Å².